The van der Waals surface area contributed by atoms with Gasteiger partial charge in [0, 0.05) is 29.6 Å². The molecule has 0 bridgehead atoms. The molecule has 1 aliphatic heterocycles. The largest absolute Gasteiger partial charge is 0.358 e. The number of halogens is 3. The summed E-state index contributed by atoms with van der Waals surface area (Å²) in [5.74, 6) is -1.05. The highest BCUT2D eigenvalue weighted by atomic mass is 35.5. The number of aromatic nitrogens is 1. The molecule has 2 N–H and O–H groups in total. The Bertz CT molecular complexity index is 837. The van der Waals surface area contributed by atoms with E-state index >= 15 is 0 Å². The Kier molecular flexibility index (Phi) is 4.37. The molecule has 23 heavy (non-hydrogen) atoms. The zero-order chi connectivity index (χ0) is 15.1. The number of H-pyrrole nitrogens is 1. The van der Waals surface area contributed by atoms with Crippen LogP contribution >= 0.6 is 12.4 Å². The van der Waals surface area contributed by atoms with Gasteiger partial charge in [0.2, 0.25) is 0 Å². The molecule has 120 valence electrons. The maximum absolute atomic E-state index is 14.0. The topological polar surface area (TPSA) is 27.8 Å². The summed E-state index contributed by atoms with van der Waals surface area (Å²) in [4.78, 5) is 3.44. The van der Waals surface area contributed by atoms with E-state index in [4.69, 9.17) is 0 Å². The van der Waals surface area contributed by atoms with Gasteiger partial charge in [0.1, 0.15) is 11.6 Å². The Labute approximate surface area is 139 Å². The molecule has 3 aromatic rings. The van der Waals surface area contributed by atoms with Crippen molar-refractivity contribution in [3.63, 3.8) is 0 Å². The quantitative estimate of drug-likeness (QED) is 0.685. The van der Waals surface area contributed by atoms with Gasteiger partial charge in [-0.2, -0.15) is 0 Å². The first-order valence-corrected chi connectivity index (χ1v) is 7.52. The second kappa shape index (κ2) is 6.30. The van der Waals surface area contributed by atoms with Crippen molar-refractivity contribution < 1.29 is 8.78 Å². The van der Waals surface area contributed by atoms with E-state index in [0.29, 0.717) is 5.56 Å². The predicted octanol–water partition coefficient (Wildman–Crippen LogP) is 4.22. The molecule has 0 spiro atoms. The Hall–Kier alpha value is -1.91. The zero-order valence-corrected chi connectivity index (χ0v) is 13.3. The smallest absolute Gasteiger partial charge is 0.133 e. The summed E-state index contributed by atoms with van der Waals surface area (Å²) in [5, 5.41) is 4.44. The molecule has 2 aromatic carbocycles. The van der Waals surface area contributed by atoms with Crippen LogP contribution in [-0.2, 0) is 12.8 Å². The average Bonchev–Trinajstić information content (AvgIpc) is 2.68. The molecule has 0 saturated heterocycles. The molecular formula is C18H17ClF2N2. The average molecular weight is 335 g/mol. The third-order valence-corrected chi connectivity index (χ3v) is 4.35. The van der Waals surface area contributed by atoms with E-state index < -0.39 is 11.6 Å². The summed E-state index contributed by atoms with van der Waals surface area (Å²) in [7, 11) is 0. The normalized spacial score (nSPS) is 14.2. The monoisotopic (exact) mass is 334 g/mol. The molecule has 0 saturated carbocycles. The summed E-state index contributed by atoms with van der Waals surface area (Å²) in [6, 6.07) is 9.57. The molecule has 1 aromatic heterocycles. The predicted molar refractivity (Wildman–Crippen MR) is 91.2 cm³/mol. The van der Waals surface area contributed by atoms with Crippen LogP contribution in [0.25, 0.3) is 22.0 Å². The van der Waals surface area contributed by atoms with Crippen molar-refractivity contribution in [1.29, 1.82) is 0 Å². The van der Waals surface area contributed by atoms with Crippen molar-refractivity contribution in [2.75, 3.05) is 13.1 Å². The van der Waals surface area contributed by atoms with E-state index in [2.05, 4.69) is 10.3 Å². The van der Waals surface area contributed by atoms with Gasteiger partial charge in [-0.3, -0.25) is 0 Å². The van der Waals surface area contributed by atoms with E-state index in [1.807, 2.05) is 12.1 Å². The van der Waals surface area contributed by atoms with E-state index in [1.165, 1.54) is 29.5 Å². The number of benzene rings is 2. The lowest BCUT2D eigenvalue weighted by Crippen LogP contribution is -2.16. The molecule has 4 rings (SSSR count). The molecule has 5 heteroatoms. The third kappa shape index (κ3) is 2.73. The van der Waals surface area contributed by atoms with Crippen molar-refractivity contribution in [3.8, 4) is 11.1 Å². The summed E-state index contributed by atoms with van der Waals surface area (Å²) < 4.78 is 28.0. The number of aromatic amines is 1. The maximum atomic E-state index is 14.0. The minimum Gasteiger partial charge on any atom is -0.358 e. The van der Waals surface area contributed by atoms with E-state index in [1.54, 1.807) is 6.07 Å². The highest BCUT2D eigenvalue weighted by Crippen LogP contribution is 2.32. The van der Waals surface area contributed by atoms with Crippen molar-refractivity contribution in [2.24, 2.45) is 0 Å². The minimum atomic E-state index is -0.525. The van der Waals surface area contributed by atoms with Crippen LogP contribution in [0.5, 0.6) is 0 Å². The second-order valence-corrected chi connectivity index (χ2v) is 5.69. The van der Waals surface area contributed by atoms with Gasteiger partial charge < -0.3 is 10.3 Å². The molecule has 2 nitrogen and oxygen atoms in total. The summed E-state index contributed by atoms with van der Waals surface area (Å²) in [6.45, 7) is 1.88. The molecular weight excluding hydrogens is 318 g/mol. The van der Waals surface area contributed by atoms with E-state index in [-0.39, 0.29) is 18.0 Å². The lowest BCUT2D eigenvalue weighted by Gasteiger charge is -2.06. The molecule has 0 unspecified atom stereocenters. The van der Waals surface area contributed by atoms with Crippen molar-refractivity contribution in [3.05, 3.63) is 59.3 Å². The van der Waals surface area contributed by atoms with Gasteiger partial charge in [0.15, 0.2) is 0 Å². The molecule has 0 fully saturated rings. The molecule has 0 radical (unpaired) electrons. The van der Waals surface area contributed by atoms with Gasteiger partial charge in [0.05, 0.1) is 5.56 Å². The van der Waals surface area contributed by atoms with Crippen molar-refractivity contribution in [1.82, 2.24) is 10.3 Å². The van der Waals surface area contributed by atoms with Crippen molar-refractivity contribution in [2.45, 2.75) is 12.8 Å². The summed E-state index contributed by atoms with van der Waals surface area (Å²) in [6.07, 6.45) is 1.88. The first-order valence-electron chi connectivity index (χ1n) is 7.52. The van der Waals surface area contributed by atoms with Crippen LogP contribution in [-0.4, -0.2) is 18.1 Å². The maximum Gasteiger partial charge on any atom is 0.133 e. The number of hydrogen-bond donors (Lipinski definition) is 2. The standard InChI is InChI=1S/C18H16F2N2.ClH/c19-14-2-1-3-15(20)18(14)11-4-5-16-13(10-11)12-6-8-21-9-7-17(12)22-16;/h1-5,10,21-22H,6-9H2;1H. The van der Waals surface area contributed by atoms with Crippen LogP contribution in [0, 0.1) is 11.6 Å². The van der Waals surface area contributed by atoms with E-state index in [9.17, 15) is 8.78 Å². The number of nitrogens with one attached hydrogen (secondary N) is 2. The Morgan fingerprint density at radius 3 is 2.43 bits per heavy atom. The second-order valence-electron chi connectivity index (χ2n) is 5.69. The highest BCUT2D eigenvalue weighted by Gasteiger charge is 2.16. The van der Waals surface area contributed by atoms with Gasteiger partial charge in [-0.15, -0.1) is 12.4 Å². The van der Waals surface area contributed by atoms with Crippen LogP contribution in [0.15, 0.2) is 36.4 Å². The molecule has 2 heterocycles. The minimum absolute atomic E-state index is 0. The van der Waals surface area contributed by atoms with Crippen LogP contribution in [0.2, 0.25) is 0 Å². The Balaban J connectivity index is 0.00000156. The fourth-order valence-corrected chi connectivity index (χ4v) is 3.28. The Morgan fingerprint density at radius 2 is 1.65 bits per heavy atom. The molecule has 0 amide bonds. The fourth-order valence-electron chi connectivity index (χ4n) is 3.28. The lowest BCUT2D eigenvalue weighted by molar-refractivity contribution is 0.589. The third-order valence-electron chi connectivity index (χ3n) is 4.35. The molecule has 0 aliphatic carbocycles. The van der Waals surface area contributed by atoms with E-state index in [0.717, 1.165) is 36.8 Å². The number of rotatable bonds is 1. The van der Waals surface area contributed by atoms with Gasteiger partial charge in [-0.25, -0.2) is 8.78 Å². The van der Waals surface area contributed by atoms with Gasteiger partial charge >= 0.3 is 0 Å². The summed E-state index contributed by atoms with van der Waals surface area (Å²) >= 11 is 0. The number of fused-ring (bicyclic) bond motifs is 3. The number of hydrogen-bond acceptors (Lipinski definition) is 1. The lowest BCUT2D eigenvalue weighted by atomic mass is 10.00. The SMILES string of the molecule is Cl.Fc1cccc(F)c1-c1ccc2[nH]c3c(c2c1)CCNCC3. The van der Waals surface area contributed by atoms with Crippen LogP contribution in [0.3, 0.4) is 0 Å². The first kappa shape index (κ1) is 16.0. The molecule has 0 atom stereocenters. The zero-order valence-electron chi connectivity index (χ0n) is 12.5. The van der Waals surface area contributed by atoms with Crippen LogP contribution < -0.4 is 5.32 Å². The molecule has 1 aliphatic rings. The first-order chi connectivity index (χ1) is 10.7. The van der Waals surface area contributed by atoms with Gasteiger partial charge in [0.25, 0.3) is 0 Å². The highest BCUT2D eigenvalue weighted by molar-refractivity contribution is 5.89. The van der Waals surface area contributed by atoms with Crippen molar-refractivity contribution >= 4 is 23.3 Å². The summed E-state index contributed by atoms with van der Waals surface area (Å²) in [5.41, 5.74) is 4.16. The van der Waals surface area contributed by atoms with Gasteiger partial charge in [-0.05, 0) is 48.4 Å². The van der Waals surface area contributed by atoms with Gasteiger partial charge in [-0.1, -0.05) is 12.1 Å². The Morgan fingerprint density at radius 1 is 0.913 bits per heavy atom. The fraction of sp³-hybridized carbons (Fsp3) is 0.222. The van der Waals surface area contributed by atoms with Crippen LogP contribution in [0.4, 0.5) is 8.78 Å². The van der Waals surface area contributed by atoms with Crippen LogP contribution in [0.1, 0.15) is 11.3 Å².